The first-order chi connectivity index (χ1) is 6.65. The maximum Gasteiger partial charge on any atom is 0.0934 e. The highest BCUT2D eigenvalue weighted by Gasteiger charge is 2.41. The molecule has 0 spiro atoms. The minimum absolute atomic E-state index is 0.423. The van der Waals surface area contributed by atoms with E-state index < -0.39 is 0 Å². The molecule has 3 heteroatoms. The fourth-order valence-electron chi connectivity index (χ4n) is 1.62. The number of hydrogen-bond donors (Lipinski definition) is 1. The molecule has 1 aliphatic carbocycles. The number of rotatable bonds is 4. The lowest BCUT2D eigenvalue weighted by molar-refractivity contribution is 0.518. The summed E-state index contributed by atoms with van der Waals surface area (Å²) in [5.74, 6) is 0.549. The van der Waals surface area contributed by atoms with Gasteiger partial charge in [0.2, 0.25) is 0 Å². The summed E-state index contributed by atoms with van der Waals surface area (Å²) in [7, 11) is 0. The molecule has 0 atom stereocenters. The minimum atomic E-state index is 0.423. The van der Waals surface area contributed by atoms with Crippen LogP contribution in [0.25, 0.3) is 0 Å². The highest BCUT2D eigenvalue weighted by Crippen LogP contribution is 2.47. The summed E-state index contributed by atoms with van der Waals surface area (Å²) in [6.07, 6.45) is 3.68. The summed E-state index contributed by atoms with van der Waals surface area (Å²) in [4.78, 5) is 4.65. The Bertz CT molecular complexity index is 313. The molecule has 2 rings (SSSR count). The van der Waals surface area contributed by atoms with E-state index in [1.807, 2.05) is 0 Å². The smallest absolute Gasteiger partial charge is 0.0934 e. The lowest BCUT2D eigenvalue weighted by Crippen LogP contribution is -2.17. The maximum atomic E-state index is 5.76. The first-order valence-electron chi connectivity index (χ1n) is 5.30. The summed E-state index contributed by atoms with van der Waals surface area (Å²) in [6.45, 7) is 5.20. The third-order valence-electron chi connectivity index (χ3n) is 3.08. The van der Waals surface area contributed by atoms with Crippen LogP contribution in [0, 0.1) is 5.41 Å². The molecule has 1 aliphatic rings. The van der Waals surface area contributed by atoms with Crippen molar-refractivity contribution in [1.29, 1.82) is 0 Å². The zero-order valence-corrected chi connectivity index (χ0v) is 9.73. The highest BCUT2D eigenvalue weighted by atomic mass is 32.1. The lowest BCUT2D eigenvalue weighted by Gasteiger charge is -2.08. The zero-order valence-electron chi connectivity index (χ0n) is 8.92. The Balaban J connectivity index is 2.03. The second kappa shape index (κ2) is 3.63. The number of aromatic nitrogens is 1. The molecule has 1 fully saturated rings. The third kappa shape index (κ3) is 1.98. The van der Waals surface area contributed by atoms with Crippen molar-refractivity contribution in [3.8, 4) is 0 Å². The van der Waals surface area contributed by atoms with Crippen LogP contribution in [0.5, 0.6) is 0 Å². The fraction of sp³-hybridized carbons (Fsp3) is 0.727. The summed E-state index contributed by atoms with van der Waals surface area (Å²) >= 11 is 1.79. The molecule has 1 aromatic rings. The Morgan fingerprint density at radius 1 is 1.57 bits per heavy atom. The molecular formula is C11H18N2S. The Kier molecular flexibility index (Phi) is 2.62. The Hall–Kier alpha value is -0.410. The fourth-order valence-corrected chi connectivity index (χ4v) is 2.75. The van der Waals surface area contributed by atoms with E-state index in [2.05, 4.69) is 24.2 Å². The van der Waals surface area contributed by atoms with Gasteiger partial charge in [-0.3, -0.25) is 0 Å². The number of thiazole rings is 1. The summed E-state index contributed by atoms with van der Waals surface area (Å²) in [5.41, 5.74) is 7.42. The minimum Gasteiger partial charge on any atom is -0.330 e. The van der Waals surface area contributed by atoms with Crippen LogP contribution in [0.15, 0.2) is 5.38 Å². The van der Waals surface area contributed by atoms with E-state index in [0.29, 0.717) is 11.3 Å². The molecule has 0 radical (unpaired) electrons. The van der Waals surface area contributed by atoms with E-state index >= 15 is 0 Å². The van der Waals surface area contributed by atoms with Crippen molar-refractivity contribution in [2.75, 3.05) is 6.54 Å². The molecule has 78 valence electrons. The van der Waals surface area contributed by atoms with Gasteiger partial charge in [-0.1, -0.05) is 13.8 Å². The first-order valence-corrected chi connectivity index (χ1v) is 6.17. The topological polar surface area (TPSA) is 38.9 Å². The molecule has 0 bridgehead atoms. The molecular weight excluding hydrogens is 192 g/mol. The average Bonchev–Trinajstić information content (AvgIpc) is 2.75. The van der Waals surface area contributed by atoms with Crippen LogP contribution in [-0.4, -0.2) is 11.5 Å². The molecule has 2 nitrogen and oxygen atoms in total. The average molecular weight is 210 g/mol. The van der Waals surface area contributed by atoms with Crippen LogP contribution >= 0.6 is 11.3 Å². The van der Waals surface area contributed by atoms with Gasteiger partial charge in [-0.05, 0) is 30.7 Å². The van der Waals surface area contributed by atoms with Crippen LogP contribution < -0.4 is 5.73 Å². The summed E-state index contributed by atoms with van der Waals surface area (Å²) < 4.78 is 0. The summed E-state index contributed by atoms with van der Waals surface area (Å²) in [6, 6.07) is 0. The molecule has 0 saturated heterocycles. The molecule has 2 N–H and O–H groups in total. The molecule has 0 unspecified atom stereocenters. The molecule has 0 aliphatic heterocycles. The molecule has 1 aromatic heterocycles. The number of nitrogens with zero attached hydrogens (tertiary/aromatic N) is 1. The molecule has 0 aromatic carbocycles. The van der Waals surface area contributed by atoms with Crippen LogP contribution in [0.1, 0.15) is 43.3 Å². The lowest BCUT2D eigenvalue weighted by atomic mass is 10.0. The van der Waals surface area contributed by atoms with Crippen molar-refractivity contribution in [1.82, 2.24) is 4.98 Å². The van der Waals surface area contributed by atoms with Gasteiger partial charge >= 0.3 is 0 Å². The second-order valence-corrected chi connectivity index (χ2v) is 5.64. The van der Waals surface area contributed by atoms with Gasteiger partial charge in [0.25, 0.3) is 0 Å². The number of hydrogen-bond acceptors (Lipinski definition) is 3. The van der Waals surface area contributed by atoms with Gasteiger partial charge in [-0.25, -0.2) is 4.98 Å². The standard InChI is InChI=1S/C11H18N2S/c1-8(2)9-6-14-10(13-9)5-11(7-12)3-4-11/h6,8H,3-5,7,12H2,1-2H3. The van der Waals surface area contributed by atoms with Crippen LogP contribution in [0.4, 0.5) is 0 Å². The second-order valence-electron chi connectivity index (χ2n) is 4.70. The van der Waals surface area contributed by atoms with Crippen LogP contribution in [-0.2, 0) is 6.42 Å². The van der Waals surface area contributed by atoms with Crippen molar-refractivity contribution in [3.05, 3.63) is 16.1 Å². The van der Waals surface area contributed by atoms with Gasteiger partial charge in [0.15, 0.2) is 0 Å². The van der Waals surface area contributed by atoms with E-state index in [1.165, 1.54) is 23.5 Å². The van der Waals surface area contributed by atoms with Gasteiger partial charge in [-0.2, -0.15) is 0 Å². The molecule has 1 saturated carbocycles. The van der Waals surface area contributed by atoms with Crippen molar-refractivity contribution in [3.63, 3.8) is 0 Å². The van der Waals surface area contributed by atoms with Gasteiger partial charge in [0.1, 0.15) is 0 Å². The van der Waals surface area contributed by atoms with Gasteiger partial charge in [-0.15, -0.1) is 11.3 Å². The van der Waals surface area contributed by atoms with Crippen molar-refractivity contribution >= 4 is 11.3 Å². The normalized spacial score (nSPS) is 18.9. The van der Waals surface area contributed by atoms with Gasteiger partial charge in [0.05, 0.1) is 10.7 Å². The molecule has 14 heavy (non-hydrogen) atoms. The predicted molar refractivity (Wildman–Crippen MR) is 60.6 cm³/mol. The van der Waals surface area contributed by atoms with E-state index in [0.717, 1.165) is 13.0 Å². The van der Waals surface area contributed by atoms with Crippen molar-refractivity contribution in [2.24, 2.45) is 11.1 Å². The molecule has 1 heterocycles. The Morgan fingerprint density at radius 2 is 2.29 bits per heavy atom. The Morgan fingerprint density at radius 3 is 2.71 bits per heavy atom. The maximum absolute atomic E-state index is 5.76. The zero-order chi connectivity index (χ0) is 10.2. The predicted octanol–water partition coefficient (Wildman–Crippen LogP) is 2.55. The van der Waals surface area contributed by atoms with Gasteiger partial charge in [0, 0.05) is 11.8 Å². The van der Waals surface area contributed by atoms with Crippen molar-refractivity contribution in [2.45, 2.75) is 39.0 Å². The van der Waals surface area contributed by atoms with Crippen LogP contribution in [0.3, 0.4) is 0 Å². The van der Waals surface area contributed by atoms with E-state index in [1.54, 1.807) is 11.3 Å². The SMILES string of the molecule is CC(C)c1csc(CC2(CN)CC2)n1. The van der Waals surface area contributed by atoms with E-state index in [4.69, 9.17) is 5.73 Å². The van der Waals surface area contributed by atoms with E-state index in [9.17, 15) is 0 Å². The largest absolute Gasteiger partial charge is 0.330 e. The van der Waals surface area contributed by atoms with Gasteiger partial charge < -0.3 is 5.73 Å². The molecule has 0 amide bonds. The Labute approximate surface area is 89.5 Å². The third-order valence-corrected chi connectivity index (χ3v) is 3.94. The quantitative estimate of drug-likeness (QED) is 0.829. The highest BCUT2D eigenvalue weighted by molar-refractivity contribution is 7.09. The number of nitrogens with two attached hydrogens (primary N) is 1. The van der Waals surface area contributed by atoms with Crippen LogP contribution in [0.2, 0.25) is 0 Å². The monoisotopic (exact) mass is 210 g/mol. The summed E-state index contributed by atoms with van der Waals surface area (Å²) in [5, 5.41) is 3.46. The van der Waals surface area contributed by atoms with Crippen molar-refractivity contribution < 1.29 is 0 Å². The van der Waals surface area contributed by atoms with E-state index in [-0.39, 0.29) is 0 Å². The first kappa shape index (κ1) is 10.1.